The van der Waals surface area contributed by atoms with Crippen molar-refractivity contribution in [3.05, 3.63) is 77.0 Å². The molecule has 0 saturated heterocycles. The van der Waals surface area contributed by atoms with Crippen molar-refractivity contribution >= 4 is 15.7 Å². The van der Waals surface area contributed by atoms with Crippen LogP contribution in [0.25, 0.3) is 0 Å². The lowest BCUT2D eigenvalue weighted by atomic mass is 10.1. The molecule has 1 aromatic heterocycles. The predicted molar refractivity (Wildman–Crippen MR) is 96.6 cm³/mol. The van der Waals surface area contributed by atoms with Crippen molar-refractivity contribution < 1.29 is 22.0 Å². The fraction of sp³-hybridized carbons (Fsp3) is 0.263. The van der Waals surface area contributed by atoms with Gasteiger partial charge < -0.3 is 4.90 Å². The van der Waals surface area contributed by atoms with Crippen molar-refractivity contribution in [3.8, 4) is 0 Å². The van der Waals surface area contributed by atoms with E-state index in [1.54, 1.807) is 24.5 Å². The number of pyridine rings is 1. The zero-order valence-corrected chi connectivity index (χ0v) is 15.1. The molecular formula is C19H18F2N2O3S. The quantitative estimate of drug-likeness (QED) is 0.758. The summed E-state index contributed by atoms with van der Waals surface area (Å²) in [5, 5.41) is 1.13. The molecule has 1 aliphatic rings. The van der Waals surface area contributed by atoms with Crippen LogP contribution in [-0.2, 0) is 27.6 Å². The third-order valence-corrected chi connectivity index (χ3v) is 5.70. The van der Waals surface area contributed by atoms with Gasteiger partial charge in [-0.2, -0.15) is 0 Å². The summed E-state index contributed by atoms with van der Waals surface area (Å²) >= 11 is 0. The first-order valence-electron chi connectivity index (χ1n) is 8.30. The Morgan fingerprint density at radius 2 is 1.78 bits per heavy atom. The molecule has 1 aromatic carbocycles. The lowest BCUT2D eigenvalue weighted by Crippen LogP contribution is -2.41. The van der Waals surface area contributed by atoms with Crippen LogP contribution in [0.2, 0.25) is 0 Å². The van der Waals surface area contributed by atoms with Gasteiger partial charge in [-0.15, -0.1) is 0 Å². The van der Waals surface area contributed by atoms with E-state index in [1.165, 1.54) is 35.2 Å². The van der Waals surface area contributed by atoms with Gasteiger partial charge in [-0.05, 0) is 29.3 Å². The van der Waals surface area contributed by atoms with E-state index in [4.69, 9.17) is 0 Å². The van der Waals surface area contributed by atoms with Gasteiger partial charge in [-0.25, -0.2) is 17.2 Å². The minimum atomic E-state index is -3.32. The van der Waals surface area contributed by atoms with Crippen LogP contribution >= 0.6 is 0 Å². The molecule has 0 fully saturated rings. The summed E-state index contributed by atoms with van der Waals surface area (Å²) < 4.78 is 48.9. The molecule has 2 aromatic rings. The minimum absolute atomic E-state index is 0.00100. The highest BCUT2D eigenvalue weighted by Crippen LogP contribution is 2.21. The molecule has 27 heavy (non-hydrogen) atoms. The summed E-state index contributed by atoms with van der Waals surface area (Å²) in [6.45, 7) is 0.237. The molecule has 0 bridgehead atoms. The molecule has 142 valence electrons. The molecule has 0 saturated carbocycles. The molecule has 2 heterocycles. The lowest BCUT2D eigenvalue weighted by Gasteiger charge is -2.28. The van der Waals surface area contributed by atoms with Crippen LogP contribution < -0.4 is 0 Å². The molecule has 0 radical (unpaired) electrons. The van der Waals surface area contributed by atoms with Gasteiger partial charge in [0.2, 0.25) is 5.91 Å². The maximum atomic E-state index is 12.9. The van der Waals surface area contributed by atoms with Gasteiger partial charge >= 0.3 is 0 Å². The average molecular weight is 392 g/mol. The number of carbonyl (C=O) groups is 1. The molecule has 1 amide bonds. The van der Waals surface area contributed by atoms with Crippen LogP contribution in [0.4, 0.5) is 8.78 Å². The van der Waals surface area contributed by atoms with Gasteiger partial charge in [0.25, 0.3) is 6.43 Å². The van der Waals surface area contributed by atoms with Crippen molar-refractivity contribution in [2.24, 2.45) is 0 Å². The second kappa shape index (κ2) is 7.96. The van der Waals surface area contributed by atoms with Crippen LogP contribution in [-0.4, -0.2) is 36.0 Å². The second-order valence-corrected chi connectivity index (χ2v) is 8.25. The van der Waals surface area contributed by atoms with E-state index in [1.807, 2.05) is 0 Å². The zero-order valence-electron chi connectivity index (χ0n) is 14.3. The third-order valence-electron chi connectivity index (χ3n) is 4.32. The summed E-state index contributed by atoms with van der Waals surface area (Å²) in [5.74, 6) is -0.433. The maximum absolute atomic E-state index is 12.9. The smallest absolute Gasteiger partial charge is 0.263 e. The summed E-state index contributed by atoms with van der Waals surface area (Å²) in [6.07, 6.45) is 2.14. The molecule has 3 rings (SSSR count). The molecule has 5 nitrogen and oxygen atoms in total. The van der Waals surface area contributed by atoms with Crippen LogP contribution in [0.3, 0.4) is 0 Å². The molecule has 0 spiro atoms. The standard InChI is InChI=1S/C19H18F2N2O3S/c20-19(21)16-3-1-14(2-4-16)11-18(24)23(12-15-5-8-22-9-6-15)17-7-10-27(25,26)13-17/h1-10,17,19H,11-13H2. The SMILES string of the molecule is O=C(Cc1ccc(C(F)F)cc1)N(Cc1ccncc1)C1C=CS(=O)(=O)C1. The topological polar surface area (TPSA) is 67.3 Å². The number of amides is 1. The number of aromatic nitrogens is 1. The number of carbonyl (C=O) groups excluding carboxylic acids is 1. The number of halogens is 2. The maximum Gasteiger partial charge on any atom is 0.263 e. The van der Waals surface area contributed by atoms with E-state index in [2.05, 4.69) is 4.98 Å². The summed E-state index contributed by atoms with van der Waals surface area (Å²) in [7, 11) is -3.32. The second-order valence-electron chi connectivity index (χ2n) is 6.32. The Morgan fingerprint density at radius 3 is 2.33 bits per heavy atom. The number of rotatable bonds is 6. The zero-order chi connectivity index (χ0) is 19.4. The number of hydrogen-bond donors (Lipinski definition) is 0. The predicted octanol–water partition coefficient (Wildman–Crippen LogP) is 2.90. The highest BCUT2D eigenvalue weighted by atomic mass is 32.2. The lowest BCUT2D eigenvalue weighted by molar-refractivity contribution is -0.132. The Kier molecular flexibility index (Phi) is 5.65. The summed E-state index contributed by atoms with van der Waals surface area (Å²) in [4.78, 5) is 18.3. The number of alkyl halides is 2. The Morgan fingerprint density at radius 1 is 1.11 bits per heavy atom. The molecule has 1 unspecified atom stereocenters. The van der Waals surface area contributed by atoms with Crippen molar-refractivity contribution in [2.45, 2.75) is 25.4 Å². The van der Waals surface area contributed by atoms with E-state index >= 15 is 0 Å². The van der Waals surface area contributed by atoms with Crippen molar-refractivity contribution in [1.29, 1.82) is 0 Å². The van der Waals surface area contributed by atoms with Gasteiger partial charge in [-0.3, -0.25) is 9.78 Å². The molecule has 0 aliphatic carbocycles. The molecule has 1 aliphatic heterocycles. The molecule has 8 heteroatoms. The minimum Gasteiger partial charge on any atom is -0.331 e. The molecular weight excluding hydrogens is 374 g/mol. The first kappa shape index (κ1) is 19.2. The highest BCUT2D eigenvalue weighted by Gasteiger charge is 2.30. The van der Waals surface area contributed by atoms with Gasteiger partial charge in [0.1, 0.15) is 0 Å². The summed E-state index contributed by atoms with van der Waals surface area (Å²) in [5.41, 5.74) is 1.31. The van der Waals surface area contributed by atoms with E-state index in [0.29, 0.717) is 5.56 Å². The summed E-state index contributed by atoms with van der Waals surface area (Å²) in [6, 6.07) is 8.52. The van der Waals surface area contributed by atoms with Gasteiger partial charge in [0.05, 0.1) is 18.2 Å². The van der Waals surface area contributed by atoms with Crippen LogP contribution in [0.5, 0.6) is 0 Å². The monoisotopic (exact) mass is 392 g/mol. The fourth-order valence-electron chi connectivity index (χ4n) is 2.89. The normalized spacial score (nSPS) is 18.0. The first-order valence-corrected chi connectivity index (χ1v) is 10.0. The van der Waals surface area contributed by atoms with E-state index in [0.717, 1.165) is 11.0 Å². The number of nitrogens with zero attached hydrogens (tertiary/aromatic N) is 2. The Balaban J connectivity index is 1.79. The van der Waals surface area contributed by atoms with Crippen LogP contribution in [0, 0.1) is 0 Å². The van der Waals surface area contributed by atoms with Crippen molar-refractivity contribution in [3.63, 3.8) is 0 Å². The van der Waals surface area contributed by atoms with Gasteiger partial charge in [0, 0.05) is 29.9 Å². The van der Waals surface area contributed by atoms with Crippen LogP contribution in [0.15, 0.2) is 60.3 Å². The number of hydrogen-bond acceptors (Lipinski definition) is 4. The Bertz CT molecular complexity index is 929. The average Bonchev–Trinajstić information content (AvgIpc) is 3.00. The van der Waals surface area contributed by atoms with E-state index in [9.17, 15) is 22.0 Å². The van der Waals surface area contributed by atoms with E-state index < -0.39 is 22.3 Å². The number of benzene rings is 1. The van der Waals surface area contributed by atoms with E-state index in [-0.39, 0.29) is 30.2 Å². The third kappa shape index (κ3) is 4.97. The number of sulfone groups is 1. The van der Waals surface area contributed by atoms with Crippen molar-refractivity contribution in [2.75, 3.05) is 5.75 Å². The van der Waals surface area contributed by atoms with Crippen LogP contribution in [0.1, 0.15) is 23.1 Å². The molecule has 0 N–H and O–H groups in total. The Labute approximate surface area is 156 Å². The van der Waals surface area contributed by atoms with Gasteiger partial charge in [0.15, 0.2) is 9.84 Å². The van der Waals surface area contributed by atoms with Gasteiger partial charge in [-0.1, -0.05) is 24.3 Å². The fourth-order valence-corrected chi connectivity index (χ4v) is 4.18. The largest absolute Gasteiger partial charge is 0.331 e. The highest BCUT2D eigenvalue weighted by molar-refractivity contribution is 7.94. The molecule has 1 atom stereocenters. The first-order chi connectivity index (χ1) is 12.8. The van der Waals surface area contributed by atoms with Crippen molar-refractivity contribution in [1.82, 2.24) is 9.88 Å². The Hall–Kier alpha value is -2.61.